The molecule has 20 heavy (non-hydrogen) atoms. The molecule has 3 rings (SSSR count). The highest BCUT2D eigenvalue weighted by molar-refractivity contribution is 7.18. The minimum absolute atomic E-state index is 0.0274. The molecule has 1 aromatic rings. The highest BCUT2D eigenvalue weighted by Gasteiger charge is 2.33. The molecule has 7 heteroatoms. The van der Waals surface area contributed by atoms with Crippen LogP contribution in [-0.2, 0) is 0 Å². The first-order valence-electron chi connectivity index (χ1n) is 7.22. The van der Waals surface area contributed by atoms with Crippen LogP contribution in [0.1, 0.15) is 29.4 Å². The average molecular weight is 295 g/mol. The van der Waals surface area contributed by atoms with Crippen molar-refractivity contribution < 1.29 is 4.79 Å². The smallest absolute Gasteiger partial charge is 0.267 e. The molecule has 0 aromatic carbocycles. The van der Waals surface area contributed by atoms with Crippen molar-refractivity contribution in [2.45, 2.75) is 25.8 Å². The second-order valence-corrected chi connectivity index (χ2v) is 6.32. The first kappa shape index (κ1) is 13.6. The van der Waals surface area contributed by atoms with E-state index in [1.807, 2.05) is 11.8 Å². The van der Waals surface area contributed by atoms with E-state index in [1.54, 1.807) is 0 Å². The van der Waals surface area contributed by atoms with Crippen LogP contribution >= 0.6 is 11.3 Å². The molecule has 1 aromatic heterocycles. The number of hydrogen-bond acceptors (Lipinski definition) is 6. The molecule has 0 unspecified atom stereocenters. The molecule has 3 N–H and O–H groups in total. The van der Waals surface area contributed by atoms with E-state index < -0.39 is 0 Å². The number of rotatable bonds is 4. The minimum atomic E-state index is 0.0274. The summed E-state index contributed by atoms with van der Waals surface area (Å²) in [5.74, 6) is 0.375. The van der Waals surface area contributed by atoms with Crippen LogP contribution in [-0.4, -0.2) is 59.5 Å². The van der Waals surface area contributed by atoms with Gasteiger partial charge in [-0.05, 0) is 19.8 Å². The number of carbonyl (C=O) groups is 1. The van der Waals surface area contributed by atoms with Gasteiger partial charge in [0.2, 0.25) is 0 Å². The number of anilines is 2. The number of carbonyl (C=O) groups excluding carboxylic acids is 1. The van der Waals surface area contributed by atoms with Gasteiger partial charge in [0.05, 0.1) is 0 Å². The monoisotopic (exact) mass is 295 g/mol. The third-order valence-electron chi connectivity index (χ3n) is 3.84. The second-order valence-electron chi connectivity index (χ2n) is 5.32. The summed E-state index contributed by atoms with van der Waals surface area (Å²) < 4.78 is 0. The standard InChI is InChI=1S/C13H21N5OS/c1-2-15-13-16-11(14)10(20-13)12(19)18-7-5-17(6-8-18)9-3-4-9/h9H,2-8,14H2,1H3,(H,15,16). The second kappa shape index (κ2) is 5.57. The minimum Gasteiger partial charge on any atom is -0.382 e. The van der Waals surface area contributed by atoms with E-state index in [0.717, 1.165) is 43.9 Å². The normalized spacial score (nSPS) is 20.1. The number of nitrogen functional groups attached to an aromatic ring is 1. The third kappa shape index (κ3) is 2.73. The average Bonchev–Trinajstić information content (AvgIpc) is 3.23. The lowest BCUT2D eigenvalue weighted by atomic mass is 10.3. The lowest BCUT2D eigenvalue weighted by molar-refractivity contribution is 0.0633. The Morgan fingerprint density at radius 1 is 1.40 bits per heavy atom. The Balaban J connectivity index is 1.63. The molecule has 1 saturated carbocycles. The molecule has 0 radical (unpaired) electrons. The van der Waals surface area contributed by atoms with Crippen molar-refractivity contribution in [3.05, 3.63) is 4.88 Å². The number of nitrogens with two attached hydrogens (primary N) is 1. The number of hydrogen-bond donors (Lipinski definition) is 2. The molecule has 2 fully saturated rings. The predicted molar refractivity (Wildman–Crippen MR) is 81.2 cm³/mol. The van der Waals surface area contributed by atoms with Crippen LogP contribution in [0.3, 0.4) is 0 Å². The molecule has 110 valence electrons. The molecule has 0 spiro atoms. The Morgan fingerprint density at radius 2 is 2.10 bits per heavy atom. The van der Waals surface area contributed by atoms with Gasteiger partial charge in [-0.2, -0.15) is 0 Å². The molecular formula is C13H21N5OS. The van der Waals surface area contributed by atoms with Crippen LogP contribution in [0.4, 0.5) is 10.9 Å². The fraction of sp³-hybridized carbons (Fsp3) is 0.692. The Bertz CT molecular complexity index is 491. The Hall–Kier alpha value is -1.34. The number of aromatic nitrogens is 1. The van der Waals surface area contributed by atoms with Crippen molar-refractivity contribution in [2.75, 3.05) is 43.8 Å². The van der Waals surface area contributed by atoms with Gasteiger partial charge >= 0.3 is 0 Å². The van der Waals surface area contributed by atoms with Crippen LogP contribution in [0.5, 0.6) is 0 Å². The summed E-state index contributed by atoms with van der Waals surface area (Å²) in [4.78, 5) is 21.7. The third-order valence-corrected chi connectivity index (χ3v) is 4.86. The maximum atomic E-state index is 12.5. The molecule has 1 saturated heterocycles. The zero-order valence-electron chi connectivity index (χ0n) is 11.8. The van der Waals surface area contributed by atoms with Crippen LogP contribution in [0, 0.1) is 0 Å². The molecule has 1 amide bonds. The van der Waals surface area contributed by atoms with Crippen molar-refractivity contribution in [1.82, 2.24) is 14.8 Å². The van der Waals surface area contributed by atoms with E-state index in [0.29, 0.717) is 10.7 Å². The number of amides is 1. The largest absolute Gasteiger partial charge is 0.382 e. The molecule has 2 heterocycles. The Labute approximate surface area is 123 Å². The number of thiazole rings is 1. The SMILES string of the molecule is CCNc1nc(N)c(C(=O)N2CCN(C3CC3)CC2)s1. The van der Waals surface area contributed by atoms with Crippen LogP contribution < -0.4 is 11.1 Å². The van der Waals surface area contributed by atoms with E-state index in [4.69, 9.17) is 5.73 Å². The summed E-state index contributed by atoms with van der Waals surface area (Å²) in [6.07, 6.45) is 2.64. The summed E-state index contributed by atoms with van der Waals surface area (Å²) in [6, 6.07) is 0.779. The van der Waals surface area contributed by atoms with Gasteiger partial charge in [-0.3, -0.25) is 9.69 Å². The number of nitrogens with zero attached hydrogens (tertiary/aromatic N) is 3. The number of nitrogens with one attached hydrogen (secondary N) is 1. The summed E-state index contributed by atoms with van der Waals surface area (Å²) in [7, 11) is 0. The van der Waals surface area contributed by atoms with Gasteiger partial charge in [0.25, 0.3) is 5.91 Å². The van der Waals surface area contributed by atoms with Crippen LogP contribution in [0.2, 0.25) is 0 Å². The van der Waals surface area contributed by atoms with Crippen molar-refractivity contribution in [3.63, 3.8) is 0 Å². The molecular weight excluding hydrogens is 274 g/mol. The van der Waals surface area contributed by atoms with Crippen molar-refractivity contribution in [1.29, 1.82) is 0 Å². The topological polar surface area (TPSA) is 74.5 Å². The molecule has 0 bridgehead atoms. The first-order chi connectivity index (χ1) is 9.69. The van der Waals surface area contributed by atoms with Crippen LogP contribution in [0.25, 0.3) is 0 Å². The van der Waals surface area contributed by atoms with Gasteiger partial charge < -0.3 is 16.0 Å². The van der Waals surface area contributed by atoms with Gasteiger partial charge in [-0.15, -0.1) is 0 Å². The fourth-order valence-electron chi connectivity index (χ4n) is 2.59. The van der Waals surface area contributed by atoms with E-state index >= 15 is 0 Å². The lowest BCUT2D eigenvalue weighted by Crippen LogP contribution is -2.49. The lowest BCUT2D eigenvalue weighted by Gasteiger charge is -2.34. The summed E-state index contributed by atoms with van der Waals surface area (Å²) in [6.45, 7) is 6.33. The van der Waals surface area contributed by atoms with Gasteiger partial charge in [-0.1, -0.05) is 11.3 Å². The Morgan fingerprint density at radius 3 is 2.70 bits per heavy atom. The Kier molecular flexibility index (Phi) is 3.80. The quantitative estimate of drug-likeness (QED) is 0.869. The van der Waals surface area contributed by atoms with Gasteiger partial charge in [0.15, 0.2) is 5.13 Å². The highest BCUT2D eigenvalue weighted by atomic mass is 32.1. The molecule has 1 aliphatic heterocycles. The van der Waals surface area contributed by atoms with E-state index in [1.165, 1.54) is 24.2 Å². The summed E-state index contributed by atoms with van der Waals surface area (Å²) in [5.41, 5.74) is 5.87. The maximum absolute atomic E-state index is 12.5. The molecule has 1 aliphatic carbocycles. The predicted octanol–water partition coefficient (Wildman–Crippen LogP) is 1.08. The van der Waals surface area contributed by atoms with E-state index in [2.05, 4.69) is 15.2 Å². The summed E-state index contributed by atoms with van der Waals surface area (Å²) in [5, 5.41) is 3.83. The van der Waals surface area contributed by atoms with Crippen molar-refractivity contribution in [3.8, 4) is 0 Å². The van der Waals surface area contributed by atoms with Gasteiger partial charge in [-0.25, -0.2) is 4.98 Å². The first-order valence-corrected chi connectivity index (χ1v) is 8.04. The van der Waals surface area contributed by atoms with Crippen molar-refractivity contribution in [2.24, 2.45) is 0 Å². The zero-order chi connectivity index (χ0) is 14.1. The molecule has 0 atom stereocenters. The molecule has 2 aliphatic rings. The van der Waals surface area contributed by atoms with Crippen LogP contribution in [0.15, 0.2) is 0 Å². The maximum Gasteiger partial charge on any atom is 0.267 e. The molecule has 6 nitrogen and oxygen atoms in total. The van der Waals surface area contributed by atoms with Crippen molar-refractivity contribution >= 4 is 28.2 Å². The van der Waals surface area contributed by atoms with E-state index in [-0.39, 0.29) is 5.91 Å². The fourth-order valence-corrected chi connectivity index (χ4v) is 3.51. The van der Waals surface area contributed by atoms with Gasteiger partial charge in [0.1, 0.15) is 10.7 Å². The zero-order valence-corrected chi connectivity index (χ0v) is 12.6. The van der Waals surface area contributed by atoms with E-state index in [9.17, 15) is 4.79 Å². The van der Waals surface area contributed by atoms with Gasteiger partial charge in [0, 0.05) is 38.8 Å². The summed E-state index contributed by atoms with van der Waals surface area (Å²) >= 11 is 1.35. The highest BCUT2D eigenvalue weighted by Crippen LogP contribution is 2.29. The number of piperazine rings is 1.